The number of hydrogen-bond donors (Lipinski definition) is 0. The monoisotopic (exact) mass is 408 g/mol. The standard InChI is InChI=1S/C21H32N2O4S/c1-8-9-10-13-27-16-12-11-15(20(2,3)4)14-17(16)28(25,26)19(23-22)18(24)21(5,6)7/h11-12,14H,8-10,13H2,1-7H3. The molecule has 1 aromatic rings. The molecule has 0 atom stereocenters. The molecule has 0 unspecified atom stereocenters. The summed E-state index contributed by atoms with van der Waals surface area (Å²) in [6.07, 6.45) is 2.77. The number of ketones is 1. The average Bonchev–Trinajstić information content (AvgIpc) is 2.57. The number of benzene rings is 1. The van der Waals surface area contributed by atoms with Crippen LogP contribution in [-0.2, 0) is 20.0 Å². The van der Waals surface area contributed by atoms with Gasteiger partial charge in [-0.1, -0.05) is 67.4 Å². The number of Topliss-reactive ketones (excluding diaryl/α,β-unsaturated/α-hetero) is 1. The topological polar surface area (TPSA) is 96.8 Å². The number of carbonyl (C=O) groups is 1. The van der Waals surface area contributed by atoms with Crippen molar-refractivity contribution in [1.82, 2.24) is 0 Å². The maximum absolute atomic E-state index is 13.2. The Balaban J connectivity index is 3.55. The molecule has 0 amide bonds. The Morgan fingerprint density at radius 3 is 2.18 bits per heavy atom. The minimum atomic E-state index is -4.36. The van der Waals surface area contributed by atoms with Gasteiger partial charge in [0.2, 0.25) is 0 Å². The third-order valence-corrected chi connectivity index (χ3v) is 6.00. The van der Waals surface area contributed by atoms with Crippen molar-refractivity contribution < 1.29 is 22.7 Å². The van der Waals surface area contributed by atoms with E-state index in [1.165, 1.54) is 6.07 Å². The molecule has 1 aromatic carbocycles. The summed E-state index contributed by atoms with van der Waals surface area (Å²) in [6.45, 7) is 13.0. The number of rotatable bonds is 7. The van der Waals surface area contributed by atoms with Gasteiger partial charge in [0, 0.05) is 5.41 Å². The second-order valence-electron chi connectivity index (χ2n) is 8.95. The molecule has 0 saturated heterocycles. The van der Waals surface area contributed by atoms with Gasteiger partial charge in [0.1, 0.15) is 10.6 Å². The normalized spacial score (nSPS) is 12.4. The van der Waals surface area contributed by atoms with Crippen molar-refractivity contribution in [3.8, 4) is 5.75 Å². The van der Waals surface area contributed by atoms with Gasteiger partial charge < -0.3 is 10.3 Å². The van der Waals surface area contributed by atoms with E-state index < -0.39 is 26.1 Å². The van der Waals surface area contributed by atoms with E-state index in [0.29, 0.717) is 6.61 Å². The Hall–Kier alpha value is -1.98. The fourth-order valence-electron chi connectivity index (χ4n) is 2.48. The summed E-state index contributed by atoms with van der Waals surface area (Å²) in [6, 6.07) is 4.93. The Morgan fingerprint density at radius 2 is 1.71 bits per heavy atom. The van der Waals surface area contributed by atoms with Gasteiger partial charge in [-0.2, -0.15) is 0 Å². The van der Waals surface area contributed by atoms with Crippen LogP contribution in [0.4, 0.5) is 0 Å². The number of sulfone groups is 1. The Kier molecular flexibility index (Phi) is 7.74. The first-order valence-electron chi connectivity index (χ1n) is 9.56. The summed E-state index contributed by atoms with van der Waals surface area (Å²) in [4.78, 5) is 15.3. The predicted octanol–water partition coefficient (Wildman–Crippen LogP) is 4.57. The van der Waals surface area contributed by atoms with E-state index in [-0.39, 0.29) is 16.1 Å². The van der Waals surface area contributed by atoms with Crippen molar-refractivity contribution >= 4 is 20.7 Å². The van der Waals surface area contributed by atoms with E-state index in [2.05, 4.69) is 11.7 Å². The lowest BCUT2D eigenvalue weighted by Gasteiger charge is -2.21. The minimum absolute atomic E-state index is 0.151. The summed E-state index contributed by atoms with van der Waals surface area (Å²) < 4.78 is 32.2. The molecular formula is C21H32N2O4S. The molecule has 0 aromatic heterocycles. The highest BCUT2D eigenvalue weighted by Gasteiger charge is 2.44. The summed E-state index contributed by atoms with van der Waals surface area (Å²) in [5.41, 5.74) is 8.82. The van der Waals surface area contributed by atoms with Gasteiger partial charge in [-0.3, -0.25) is 4.79 Å². The highest BCUT2D eigenvalue weighted by molar-refractivity contribution is 8.08. The Labute approximate surface area is 168 Å². The van der Waals surface area contributed by atoms with E-state index in [4.69, 9.17) is 4.74 Å². The molecule has 0 saturated carbocycles. The van der Waals surface area contributed by atoms with Crippen LogP contribution in [-0.4, -0.2) is 30.6 Å². The van der Waals surface area contributed by atoms with Gasteiger partial charge in [0.05, 0.1) is 6.61 Å². The fourth-order valence-corrected chi connectivity index (χ4v) is 4.02. The van der Waals surface area contributed by atoms with Gasteiger partial charge >= 0.3 is 5.04 Å². The smallest absolute Gasteiger partial charge is 0.452 e. The van der Waals surface area contributed by atoms with E-state index in [9.17, 15) is 18.7 Å². The number of hydrogen-bond acceptors (Lipinski definition) is 4. The molecule has 0 N–H and O–H groups in total. The average molecular weight is 409 g/mol. The molecule has 0 spiro atoms. The summed E-state index contributed by atoms with van der Waals surface area (Å²) in [5, 5.41) is -0.871. The van der Waals surface area contributed by atoms with E-state index in [1.54, 1.807) is 26.8 Å². The van der Waals surface area contributed by atoms with Crippen molar-refractivity contribution in [3.63, 3.8) is 0 Å². The highest BCUT2D eigenvalue weighted by atomic mass is 32.2. The van der Waals surface area contributed by atoms with Crippen molar-refractivity contribution in [2.75, 3.05) is 6.61 Å². The van der Waals surface area contributed by atoms with E-state index >= 15 is 0 Å². The van der Waals surface area contributed by atoms with Crippen LogP contribution >= 0.6 is 0 Å². The van der Waals surface area contributed by atoms with Crippen molar-refractivity contribution in [1.29, 1.82) is 0 Å². The molecule has 0 aliphatic carbocycles. The number of unbranched alkanes of at least 4 members (excludes halogenated alkanes) is 2. The molecule has 0 fully saturated rings. The third kappa shape index (κ3) is 5.76. The molecule has 0 heterocycles. The number of carbonyl (C=O) groups excluding carboxylic acids is 1. The number of ether oxygens (including phenoxy) is 1. The van der Waals surface area contributed by atoms with Crippen LogP contribution < -0.4 is 4.74 Å². The van der Waals surface area contributed by atoms with Crippen molar-refractivity contribution in [2.24, 2.45) is 5.41 Å². The molecule has 0 aliphatic rings. The SMILES string of the molecule is CCCCCOc1ccc(C(C)(C)C)cc1S(=O)(=O)C(=[N+]=[N-])C(=O)C(C)(C)C. The summed E-state index contributed by atoms with van der Waals surface area (Å²) in [5.74, 6) is -0.597. The zero-order valence-corrected chi connectivity index (χ0v) is 18.8. The Bertz CT molecular complexity index is 869. The van der Waals surface area contributed by atoms with Crippen molar-refractivity contribution in [2.45, 2.75) is 78.0 Å². The van der Waals surface area contributed by atoms with Gasteiger partial charge in [0.15, 0.2) is 0 Å². The molecule has 6 nitrogen and oxygen atoms in total. The van der Waals surface area contributed by atoms with Gasteiger partial charge in [0.25, 0.3) is 15.6 Å². The van der Waals surface area contributed by atoms with Crippen LogP contribution in [0.25, 0.3) is 5.53 Å². The van der Waals surface area contributed by atoms with Crippen LogP contribution in [0.1, 0.15) is 73.3 Å². The van der Waals surface area contributed by atoms with Gasteiger partial charge in [-0.25, -0.2) is 8.42 Å². The lowest BCUT2D eigenvalue weighted by Crippen LogP contribution is -2.35. The second-order valence-corrected chi connectivity index (χ2v) is 10.8. The lowest BCUT2D eigenvalue weighted by atomic mass is 9.87. The zero-order valence-electron chi connectivity index (χ0n) is 18.0. The molecule has 0 bridgehead atoms. The molecule has 156 valence electrons. The molecule has 0 aliphatic heterocycles. The fraction of sp³-hybridized carbons (Fsp3) is 0.619. The lowest BCUT2D eigenvalue weighted by molar-refractivity contribution is -0.123. The maximum atomic E-state index is 13.2. The first kappa shape index (κ1) is 24.1. The van der Waals surface area contributed by atoms with E-state index in [0.717, 1.165) is 24.8 Å². The van der Waals surface area contributed by atoms with Crippen LogP contribution in [0.2, 0.25) is 0 Å². The maximum Gasteiger partial charge on any atom is 0.452 e. The quantitative estimate of drug-likeness (QED) is 0.217. The predicted molar refractivity (Wildman–Crippen MR) is 110 cm³/mol. The number of nitrogens with zero attached hydrogens (tertiary/aromatic N) is 2. The second kappa shape index (κ2) is 9.01. The van der Waals surface area contributed by atoms with Crippen LogP contribution in [0, 0.1) is 5.41 Å². The molecule has 28 heavy (non-hydrogen) atoms. The van der Waals surface area contributed by atoms with E-state index in [1.807, 2.05) is 26.8 Å². The summed E-state index contributed by atoms with van der Waals surface area (Å²) >= 11 is 0. The Morgan fingerprint density at radius 1 is 1.11 bits per heavy atom. The van der Waals surface area contributed by atoms with Crippen LogP contribution in [0.5, 0.6) is 5.75 Å². The molecule has 7 heteroatoms. The molecule has 0 radical (unpaired) electrons. The third-order valence-electron chi connectivity index (χ3n) is 4.33. The minimum Gasteiger partial charge on any atom is -0.492 e. The molecular weight excluding hydrogens is 376 g/mol. The zero-order chi connectivity index (χ0) is 21.8. The van der Waals surface area contributed by atoms with Gasteiger partial charge in [-0.15, -0.1) is 4.79 Å². The van der Waals surface area contributed by atoms with Gasteiger partial charge in [-0.05, 0) is 29.5 Å². The van der Waals surface area contributed by atoms with Crippen LogP contribution in [0.15, 0.2) is 23.1 Å². The first-order chi connectivity index (χ1) is 12.8. The highest BCUT2D eigenvalue weighted by Crippen LogP contribution is 2.33. The molecule has 1 rings (SSSR count). The first-order valence-corrected chi connectivity index (χ1v) is 11.0. The largest absolute Gasteiger partial charge is 0.492 e. The van der Waals surface area contributed by atoms with Crippen molar-refractivity contribution in [3.05, 3.63) is 29.3 Å². The summed E-state index contributed by atoms with van der Waals surface area (Å²) in [7, 11) is -4.36. The van der Waals surface area contributed by atoms with Crippen LogP contribution in [0.3, 0.4) is 0 Å².